The Balaban J connectivity index is 1.67. The van der Waals surface area contributed by atoms with Gasteiger partial charge >= 0.3 is 11.9 Å². The van der Waals surface area contributed by atoms with E-state index in [0.717, 1.165) is 64.2 Å². The van der Waals surface area contributed by atoms with Crippen molar-refractivity contribution >= 4 is 11.9 Å². The van der Waals surface area contributed by atoms with Crippen LogP contribution in [0.3, 0.4) is 0 Å². The maximum absolute atomic E-state index is 12.5. The molecule has 4 rings (SSSR count). The third-order valence-electron chi connectivity index (χ3n) is 11.9. The molecule has 0 aliphatic heterocycles. The van der Waals surface area contributed by atoms with Gasteiger partial charge < -0.3 is 9.84 Å². The minimum Gasteiger partial charge on any atom is -0.481 e. The van der Waals surface area contributed by atoms with Crippen molar-refractivity contribution in [3.05, 3.63) is 22.8 Å². The molecule has 0 bridgehead atoms. The monoisotopic (exact) mass is 498 g/mol. The topological polar surface area (TPSA) is 63.6 Å². The SMILES string of the molecule is CC(=O)O[C@@H]1CC[C@]2(C)C3=C(CC[C@@H]2C1(C)C)[C@]1(C)CC[C@H]([C@H](CCC=C(C)C)C(=O)O)[C@@]1(C)CC3. The van der Waals surface area contributed by atoms with E-state index in [1.165, 1.54) is 12.5 Å². The first kappa shape index (κ1) is 27.5. The summed E-state index contributed by atoms with van der Waals surface area (Å²) >= 11 is 0. The van der Waals surface area contributed by atoms with Crippen LogP contribution in [0.2, 0.25) is 0 Å². The highest BCUT2D eigenvalue weighted by Crippen LogP contribution is 2.72. The fourth-order valence-corrected chi connectivity index (χ4v) is 9.81. The number of carbonyl (C=O) groups excluding carboxylic acids is 1. The second-order valence-electron chi connectivity index (χ2n) is 14.1. The Morgan fingerprint density at radius 1 is 0.972 bits per heavy atom. The molecule has 0 aromatic rings. The number of esters is 1. The molecule has 2 saturated carbocycles. The highest BCUT2D eigenvalue weighted by molar-refractivity contribution is 5.70. The standard InChI is InChI=1S/C32H50O4/c1-20(2)10-9-11-22(28(34)35)23-14-18-32(8)25-12-13-26-29(4,5)27(36-21(3)33)16-17-30(26,6)24(25)15-19-31(23,32)7/h10,22-23,26-27H,9,11-19H2,1-8H3,(H,34,35)/t22-,23+,26+,27+,30+,31+,32-/m0/s1. The second-order valence-corrected chi connectivity index (χ2v) is 14.1. The molecule has 0 saturated heterocycles. The van der Waals surface area contributed by atoms with Crippen molar-refractivity contribution in [1.82, 2.24) is 0 Å². The number of aliphatic carboxylic acids is 1. The maximum atomic E-state index is 12.5. The summed E-state index contributed by atoms with van der Waals surface area (Å²) in [4.78, 5) is 24.3. The van der Waals surface area contributed by atoms with Crippen molar-refractivity contribution in [1.29, 1.82) is 0 Å². The van der Waals surface area contributed by atoms with E-state index in [1.54, 1.807) is 11.1 Å². The van der Waals surface area contributed by atoms with Crippen LogP contribution < -0.4 is 0 Å². The van der Waals surface area contributed by atoms with Gasteiger partial charge in [-0.1, -0.05) is 57.4 Å². The van der Waals surface area contributed by atoms with Crippen LogP contribution in [0, 0.1) is 39.4 Å². The minimum atomic E-state index is -0.603. The van der Waals surface area contributed by atoms with Crippen molar-refractivity contribution in [2.75, 3.05) is 0 Å². The smallest absolute Gasteiger partial charge is 0.306 e. The third-order valence-corrected chi connectivity index (χ3v) is 11.9. The van der Waals surface area contributed by atoms with Crippen molar-refractivity contribution in [2.45, 2.75) is 126 Å². The summed E-state index contributed by atoms with van der Waals surface area (Å²) in [6.07, 6.45) is 12.4. The molecule has 4 heteroatoms. The molecule has 4 nitrogen and oxygen atoms in total. The number of ether oxygens (including phenoxy) is 1. The van der Waals surface area contributed by atoms with Gasteiger partial charge in [0.05, 0.1) is 5.92 Å². The van der Waals surface area contributed by atoms with Gasteiger partial charge in [-0.05, 0) is 106 Å². The van der Waals surface area contributed by atoms with Gasteiger partial charge in [-0.25, -0.2) is 0 Å². The van der Waals surface area contributed by atoms with Gasteiger partial charge in [-0.3, -0.25) is 9.59 Å². The first-order valence-electron chi connectivity index (χ1n) is 14.4. The Kier molecular flexibility index (Phi) is 7.10. The number of hydrogen-bond acceptors (Lipinski definition) is 3. The van der Waals surface area contributed by atoms with E-state index in [9.17, 15) is 14.7 Å². The molecule has 0 radical (unpaired) electrons. The van der Waals surface area contributed by atoms with Crippen molar-refractivity contribution in [3.8, 4) is 0 Å². The summed E-state index contributed by atoms with van der Waals surface area (Å²) in [5, 5.41) is 10.3. The van der Waals surface area contributed by atoms with Crippen LogP contribution in [-0.2, 0) is 14.3 Å². The van der Waals surface area contributed by atoms with Crippen molar-refractivity contribution in [3.63, 3.8) is 0 Å². The molecule has 0 aromatic carbocycles. The van der Waals surface area contributed by atoms with Crippen LogP contribution in [0.15, 0.2) is 22.8 Å². The molecule has 0 unspecified atom stereocenters. The van der Waals surface area contributed by atoms with E-state index in [4.69, 9.17) is 4.74 Å². The van der Waals surface area contributed by atoms with Crippen LogP contribution in [0.4, 0.5) is 0 Å². The summed E-state index contributed by atoms with van der Waals surface area (Å²) < 4.78 is 5.84. The largest absolute Gasteiger partial charge is 0.481 e. The van der Waals surface area contributed by atoms with Crippen LogP contribution in [-0.4, -0.2) is 23.1 Å². The second kappa shape index (κ2) is 9.31. The van der Waals surface area contributed by atoms with Gasteiger partial charge in [0.25, 0.3) is 0 Å². The molecular formula is C32H50O4. The van der Waals surface area contributed by atoms with E-state index in [1.807, 2.05) is 0 Å². The Hall–Kier alpha value is -1.58. The summed E-state index contributed by atoms with van der Waals surface area (Å²) in [5.41, 5.74) is 4.85. The van der Waals surface area contributed by atoms with Crippen LogP contribution in [0.25, 0.3) is 0 Å². The van der Waals surface area contributed by atoms with E-state index in [0.29, 0.717) is 5.92 Å². The lowest BCUT2D eigenvalue weighted by Crippen LogP contribution is -2.56. The van der Waals surface area contributed by atoms with Gasteiger partial charge in [0.15, 0.2) is 0 Å². The quantitative estimate of drug-likeness (QED) is 0.297. The lowest BCUT2D eigenvalue weighted by atomic mass is 9.43. The van der Waals surface area contributed by atoms with Crippen LogP contribution in [0.1, 0.15) is 120 Å². The van der Waals surface area contributed by atoms with Crippen molar-refractivity contribution < 1.29 is 19.4 Å². The number of fused-ring (bicyclic) bond motifs is 4. The first-order valence-corrected chi connectivity index (χ1v) is 14.4. The molecule has 36 heavy (non-hydrogen) atoms. The number of hydrogen-bond donors (Lipinski definition) is 1. The molecule has 202 valence electrons. The summed E-state index contributed by atoms with van der Waals surface area (Å²) in [6.45, 7) is 17.8. The Bertz CT molecular complexity index is 969. The molecule has 0 amide bonds. The van der Waals surface area contributed by atoms with E-state index >= 15 is 0 Å². The number of rotatable bonds is 6. The van der Waals surface area contributed by atoms with Crippen molar-refractivity contribution in [2.24, 2.45) is 39.4 Å². The first-order chi connectivity index (χ1) is 16.7. The normalized spacial score (nSPS) is 39.9. The van der Waals surface area contributed by atoms with Gasteiger partial charge in [-0.15, -0.1) is 0 Å². The van der Waals surface area contributed by atoms with Crippen LogP contribution >= 0.6 is 0 Å². The lowest BCUT2D eigenvalue weighted by Gasteiger charge is -2.62. The number of carboxylic acid groups (broad SMARTS) is 1. The van der Waals surface area contributed by atoms with Crippen LogP contribution in [0.5, 0.6) is 0 Å². The fourth-order valence-electron chi connectivity index (χ4n) is 9.81. The molecule has 1 N–H and O–H groups in total. The molecular weight excluding hydrogens is 448 g/mol. The molecule has 2 fully saturated rings. The molecule has 0 aromatic heterocycles. The maximum Gasteiger partial charge on any atom is 0.306 e. The van der Waals surface area contributed by atoms with Gasteiger partial charge in [0.2, 0.25) is 0 Å². The van der Waals surface area contributed by atoms with Gasteiger partial charge in [-0.2, -0.15) is 0 Å². The Morgan fingerprint density at radius 2 is 1.67 bits per heavy atom. The van der Waals surface area contributed by atoms with E-state index in [2.05, 4.69) is 54.5 Å². The average molecular weight is 499 g/mol. The lowest BCUT2D eigenvalue weighted by molar-refractivity contribution is -0.167. The number of carboxylic acids is 1. The molecule has 0 heterocycles. The summed E-state index contributed by atoms with van der Waals surface area (Å²) in [6, 6.07) is 0. The zero-order chi connectivity index (χ0) is 26.7. The zero-order valence-corrected chi connectivity index (χ0v) is 24.1. The highest BCUT2D eigenvalue weighted by Gasteiger charge is 2.64. The van der Waals surface area contributed by atoms with E-state index in [-0.39, 0.29) is 45.6 Å². The fraction of sp³-hybridized carbons (Fsp3) is 0.812. The van der Waals surface area contributed by atoms with Gasteiger partial charge in [0, 0.05) is 12.3 Å². The Labute approximate surface area is 219 Å². The predicted molar refractivity (Wildman–Crippen MR) is 144 cm³/mol. The predicted octanol–water partition coefficient (Wildman–Crippen LogP) is 8.11. The highest BCUT2D eigenvalue weighted by atomic mass is 16.5. The summed E-state index contributed by atoms with van der Waals surface area (Å²) in [7, 11) is 0. The molecule has 7 atom stereocenters. The average Bonchev–Trinajstić information content (AvgIpc) is 3.04. The number of carbonyl (C=O) groups is 2. The minimum absolute atomic E-state index is 0.00680. The molecule has 4 aliphatic rings. The molecule has 0 spiro atoms. The number of allylic oxidation sites excluding steroid dienone is 4. The van der Waals surface area contributed by atoms with E-state index < -0.39 is 5.97 Å². The summed E-state index contributed by atoms with van der Waals surface area (Å²) in [5.74, 6) is -0.291. The van der Waals surface area contributed by atoms with Gasteiger partial charge in [0.1, 0.15) is 6.10 Å². The molecule has 4 aliphatic carbocycles. The Morgan fingerprint density at radius 3 is 2.28 bits per heavy atom. The third kappa shape index (κ3) is 4.09. The zero-order valence-electron chi connectivity index (χ0n) is 24.1.